The summed E-state index contributed by atoms with van der Waals surface area (Å²) in [6.45, 7) is 8.67. The normalized spacial score (nSPS) is 16.9. The second kappa shape index (κ2) is 6.95. The van der Waals surface area contributed by atoms with E-state index in [1.807, 2.05) is 13.8 Å². The number of amides is 1. The van der Waals surface area contributed by atoms with Gasteiger partial charge in [0.15, 0.2) is 0 Å². The third kappa shape index (κ3) is 4.75. The molecule has 90 valence electrons. The van der Waals surface area contributed by atoms with E-state index in [0.29, 0.717) is 18.8 Å². The van der Waals surface area contributed by atoms with Gasteiger partial charge in [0.05, 0.1) is 0 Å². The quantitative estimate of drug-likeness (QED) is 0.721. The van der Waals surface area contributed by atoms with E-state index >= 15 is 0 Å². The summed E-state index contributed by atoms with van der Waals surface area (Å²) >= 11 is 0. The Hall–Kier alpha value is -0.420. The fourth-order valence-corrected chi connectivity index (χ4v) is 2.49. The van der Waals surface area contributed by atoms with Gasteiger partial charge in [0.1, 0.15) is 5.25 Å². The van der Waals surface area contributed by atoms with Crippen LogP contribution in [0.3, 0.4) is 0 Å². The zero-order chi connectivity index (χ0) is 12.0. The molecule has 0 aliphatic heterocycles. The van der Waals surface area contributed by atoms with Crippen LogP contribution in [-0.2, 0) is 15.6 Å². The van der Waals surface area contributed by atoms with Gasteiger partial charge in [0.2, 0.25) is 5.91 Å². The van der Waals surface area contributed by atoms with Crippen molar-refractivity contribution in [2.75, 3.05) is 18.8 Å². The molecule has 0 saturated heterocycles. The van der Waals surface area contributed by atoms with Gasteiger partial charge in [-0.1, -0.05) is 0 Å². The first kappa shape index (κ1) is 14.6. The lowest BCUT2D eigenvalue weighted by Crippen LogP contribution is -2.41. The number of hydrogen-bond donors (Lipinski definition) is 1. The summed E-state index contributed by atoms with van der Waals surface area (Å²) in [4.78, 5) is 13.5. The predicted octanol–water partition coefficient (Wildman–Crippen LogP) is 0.339. The first-order valence-electron chi connectivity index (χ1n) is 5.35. The lowest BCUT2D eigenvalue weighted by atomic mass is 10.4. The fraction of sp³-hybridized carbons (Fsp3) is 0.900. The molecule has 0 rings (SSSR count). The van der Waals surface area contributed by atoms with Crippen molar-refractivity contribution in [2.45, 2.75) is 39.0 Å². The van der Waals surface area contributed by atoms with E-state index < -0.39 is 16.0 Å². The second-order valence-corrected chi connectivity index (χ2v) is 5.48. The first-order valence-corrected chi connectivity index (χ1v) is 6.73. The highest BCUT2D eigenvalue weighted by Gasteiger charge is 2.24. The van der Waals surface area contributed by atoms with Crippen LogP contribution in [0.25, 0.3) is 0 Å². The number of carbonyl (C=O) groups is 1. The zero-order valence-corrected chi connectivity index (χ0v) is 10.8. The van der Waals surface area contributed by atoms with Crippen molar-refractivity contribution in [1.82, 2.24) is 4.90 Å². The standard InChI is InChI=1S/C10H22N2O2S/c1-5-12(6-2)10(13)9(4)15(14)7-8(3)11/h8-9H,5-7,11H2,1-4H3. The van der Waals surface area contributed by atoms with Crippen LogP contribution >= 0.6 is 0 Å². The molecule has 5 heteroatoms. The third-order valence-corrected chi connectivity index (χ3v) is 4.09. The molecule has 4 nitrogen and oxygen atoms in total. The molecule has 0 fully saturated rings. The summed E-state index contributed by atoms with van der Waals surface area (Å²) in [5, 5.41) is -0.448. The maximum atomic E-state index is 11.8. The molecule has 0 spiro atoms. The van der Waals surface area contributed by atoms with Gasteiger partial charge in [-0.3, -0.25) is 9.00 Å². The van der Waals surface area contributed by atoms with E-state index in [1.165, 1.54) is 0 Å². The highest BCUT2D eigenvalue weighted by molar-refractivity contribution is 7.86. The Morgan fingerprint density at radius 1 is 1.33 bits per heavy atom. The van der Waals surface area contributed by atoms with Crippen LogP contribution in [0.5, 0.6) is 0 Å². The minimum Gasteiger partial charge on any atom is -0.342 e. The summed E-state index contributed by atoms with van der Waals surface area (Å²) in [7, 11) is -1.16. The fourth-order valence-electron chi connectivity index (χ4n) is 1.31. The predicted molar refractivity (Wildman–Crippen MR) is 64.0 cm³/mol. The van der Waals surface area contributed by atoms with E-state index in [2.05, 4.69) is 0 Å². The maximum Gasteiger partial charge on any atom is 0.238 e. The van der Waals surface area contributed by atoms with Gasteiger partial charge in [-0.2, -0.15) is 0 Å². The molecular weight excluding hydrogens is 212 g/mol. The molecule has 0 aromatic rings. The second-order valence-electron chi connectivity index (χ2n) is 3.68. The molecule has 0 aromatic carbocycles. The van der Waals surface area contributed by atoms with Crippen LogP contribution in [-0.4, -0.2) is 45.2 Å². The molecule has 0 aromatic heterocycles. The van der Waals surface area contributed by atoms with Gasteiger partial charge < -0.3 is 10.6 Å². The summed E-state index contributed by atoms with van der Waals surface area (Å²) in [5.41, 5.74) is 5.55. The minimum atomic E-state index is -1.16. The average Bonchev–Trinajstić information content (AvgIpc) is 2.17. The molecule has 0 bridgehead atoms. The van der Waals surface area contributed by atoms with Crippen molar-refractivity contribution in [3.63, 3.8) is 0 Å². The van der Waals surface area contributed by atoms with Gasteiger partial charge in [-0.05, 0) is 27.7 Å². The number of nitrogens with two attached hydrogens (primary N) is 1. The van der Waals surface area contributed by atoms with Gasteiger partial charge in [0.25, 0.3) is 0 Å². The van der Waals surface area contributed by atoms with Crippen molar-refractivity contribution in [2.24, 2.45) is 5.73 Å². The molecule has 3 atom stereocenters. The molecule has 0 saturated carbocycles. The average molecular weight is 234 g/mol. The van der Waals surface area contributed by atoms with E-state index in [9.17, 15) is 9.00 Å². The Balaban J connectivity index is 4.36. The van der Waals surface area contributed by atoms with Gasteiger partial charge >= 0.3 is 0 Å². The summed E-state index contributed by atoms with van der Waals surface area (Å²) in [6.07, 6.45) is 0. The molecule has 1 amide bonds. The highest BCUT2D eigenvalue weighted by atomic mass is 32.2. The lowest BCUT2D eigenvalue weighted by Gasteiger charge is -2.22. The maximum absolute atomic E-state index is 11.8. The van der Waals surface area contributed by atoms with E-state index in [-0.39, 0.29) is 11.9 Å². The Morgan fingerprint density at radius 3 is 2.13 bits per heavy atom. The first-order chi connectivity index (χ1) is 6.93. The Labute approximate surface area is 94.7 Å². The Kier molecular flexibility index (Phi) is 6.76. The minimum absolute atomic E-state index is 0.0426. The topological polar surface area (TPSA) is 63.4 Å². The molecule has 0 heterocycles. The Morgan fingerprint density at radius 2 is 1.80 bits per heavy atom. The molecular formula is C10H22N2O2S. The molecule has 15 heavy (non-hydrogen) atoms. The summed E-state index contributed by atoms with van der Waals surface area (Å²) in [6, 6.07) is -0.127. The summed E-state index contributed by atoms with van der Waals surface area (Å²) in [5.74, 6) is 0.341. The van der Waals surface area contributed by atoms with Crippen molar-refractivity contribution in [3.05, 3.63) is 0 Å². The van der Waals surface area contributed by atoms with Crippen molar-refractivity contribution in [1.29, 1.82) is 0 Å². The molecule has 0 aliphatic carbocycles. The monoisotopic (exact) mass is 234 g/mol. The highest BCUT2D eigenvalue weighted by Crippen LogP contribution is 2.03. The SMILES string of the molecule is CCN(CC)C(=O)C(C)S(=O)CC(C)N. The number of rotatable bonds is 6. The van der Waals surface area contributed by atoms with Crippen molar-refractivity contribution in [3.8, 4) is 0 Å². The smallest absolute Gasteiger partial charge is 0.238 e. The molecule has 0 aliphatic rings. The van der Waals surface area contributed by atoms with Crippen LogP contribution in [0.15, 0.2) is 0 Å². The Bertz CT molecular complexity index is 227. The molecule has 0 radical (unpaired) electrons. The number of nitrogens with zero attached hydrogens (tertiary/aromatic N) is 1. The van der Waals surface area contributed by atoms with E-state index in [4.69, 9.17) is 5.73 Å². The number of hydrogen-bond acceptors (Lipinski definition) is 3. The van der Waals surface area contributed by atoms with Crippen LogP contribution in [0.4, 0.5) is 0 Å². The van der Waals surface area contributed by atoms with Crippen LogP contribution in [0.2, 0.25) is 0 Å². The lowest BCUT2D eigenvalue weighted by molar-refractivity contribution is -0.129. The van der Waals surface area contributed by atoms with Crippen molar-refractivity contribution >= 4 is 16.7 Å². The van der Waals surface area contributed by atoms with Crippen LogP contribution in [0, 0.1) is 0 Å². The van der Waals surface area contributed by atoms with Gasteiger partial charge in [-0.15, -0.1) is 0 Å². The number of carbonyl (C=O) groups excluding carboxylic acids is 1. The van der Waals surface area contributed by atoms with Crippen LogP contribution < -0.4 is 5.73 Å². The summed E-state index contributed by atoms with van der Waals surface area (Å²) < 4.78 is 11.7. The largest absolute Gasteiger partial charge is 0.342 e. The van der Waals surface area contributed by atoms with Crippen LogP contribution in [0.1, 0.15) is 27.7 Å². The zero-order valence-electron chi connectivity index (χ0n) is 10.0. The third-order valence-electron chi connectivity index (χ3n) is 2.24. The van der Waals surface area contributed by atoms with Crippen molar-refractivity contribution < 1.29 is 9.00 Å². The van der Waals surface area contributed by atoms with E-state index in [1.54, 1.807) is 18.7 Å². The molecule has 3 unspecified atom stereocenters. The van der Waals surface area contributed by atoms with E-state index in [0.717, 1.165) is 0 Å². The molecule has 2 N–H and O–H groups in total. The van der Waals surface area contributed by atoms with Gasteiger partial charge in [0, 0.05) is 35.7 Å². The van der Waals surface area contributed by atoms with Gasteiger partial charge in [-0.25, -0.2) is 0 Å².